The zero-order chi connectivity index (χ0) is 21.3. The molecule has 2 aromatic rings. The zero-order valence-corrected chi connectivity index (χ0v) is 17.8. The number of halogens is 1. The number of nitrogens with zero attached hydrogens (tertiary/aromatic N) is 2. The number of hydrogen-bond acceptors (Lipinski definition) is 4. The molecule has 0 saturated carbocycles. The minimum atomic E-state index is -3.30. The molecule has 4 rings (SSSR count). The Kier molecular flexibility index (Phi) is 5.69. The van der Waals surface area contributed by atoms with Gasteiger partial charge in [-0.1, -0.05) is 12.1 Å². The van der Waals surface area contributed by atoms with Crippen molar-refractivity contribution in [2.75, 3.05) is 34.6 Å². The summed E-state index contributed by atoms with van der Waals surface area (Å²) in [5.41, 5.74) is 2.50. The molecule has 2 heterocycles. The smallest absolute Gasteiger partial charge is 0.251 e. The van der Waals surface area contributed by atoms with Gasteiger partial charge in [-0.15, -0.1) is 0 Å². The van der Waals surface area contributed by atoms with E-state index in [2.05, 4.69) is 5.32 Å². The van der Waals surface area contributed by atoms with Gasteiger partial charge in [0.25, 0.3) is 5.91 Å². The van der Waals surface area contributed by atoms with E-state index < -0.39 is 10.0 Å². The molecule has 2 saturated heterocycles. The van der Waals surface area contributed by atoms with Crippen molar-refractivity contribution in [3.05, 3.63) is 59.4 Å². The number of aryl methyl sites for hydroxylation is 1. The van der Waals surface area contributed by atoms with Crippen molar-refractivity contribution in [2.45, 2.75) is 32.2 Å². The fraction of sp³-hybridized carbons (Fsp3) is 0.409. The molecule has 2 aromatic carbocycles. The third-order valence-electron chi connectivity index (χ3n) is 5.69. The van der Waals surface area contributed by atoms with Crippen molar-refractivity contribution >= 4 is 27.3 Å². The first-order valence-electron chi connectivity index (χ1n) is 10.3. The number of piperidine rings is 1. The Morgan fingerprint density at radius 2 is 1.97 bits per heavy atom. The zero-order valence-electron chi connectivity index (χ0n) is 17.0. The first-order valence-corrected chi connectivity index (χ1v) is 11.9. The van der Waals surface area contributed by atoms with Crippen LogP contribution in [0.2, 0.25) is 0 Å². The average Bonchev–Trinajstić information content (AvgIpc) is 3.09. The van der Waals surface area contributed by atoms with Gasteiger partial charge in [-0.2, -0.15) is 0 Å². The van der Waals surface area contributed by atoms with Crippen LogP contribution in [-0.4, -0.2) is 45.8 Å². The Morgan fingerprint density at radius 3 is 2.73 bits per heavy atom. The van der Waals surface area contributed by atoms with Crippen LogP contribution < -0.4 is 14.5 Å². The number of hydrogen-bond donors (Lipinski definition) is 1. The minimum Gasteiger partial charge on any atom is -0.367 e. The summed E-state index contributed by atoms with van der Waals surface area (Å²) in [5.74, 6) is -0.367. The highest BCUT2D eigenvalue weighted by atomic mass is 32.2. The summed E-state index contributed by atoms with van der Waals surface area (Å²) in [4.78, 5) is 14.8. The number of rotatable bonds is 4. The molecule has 0 spiro atoms. The Morgan fingerprint density at radius 1 is 1.13 bits per heavy atom. The molecule has 6 nitrogen and oxygen atoms in total. The number of amides is 1. The standard InChI is InChI=1S/C22H26FN3O3S/c1-16-8-9-20(23)21(13-16)25-10-3-6-18(15-25)24-22(27)17-5-2-7-19(14-17)26-11-4-12-30(26,28)29/h2,5,7-9,13-14,18H,3-4,6,10-12,15H2,1H3,(H,24,27). The maximum absolute atomic E-state index is 14.3. The molecular formula is C22H26FN3O3S. The Bertz CT molecular complexity index is 1060. The number of sulfonamides is 1. The van der Waals surface area contributed by atoms with E-state index >= 15 is 0 Å². The lowest BCUT2D eigenvalue weighted by Crippen LogP contribution is -2.48. The third-order valence-corrected chi connectivity index (χ3v) is 7.56. The van der Waals surface area contributed by atoms with Crippen LogP contribution in [0.5, 0.6) is 0 Å². The van der Waals surface area contributed by atoms with Crippen molar-refractivity contribution in [3.8, 4) is 0 Å². The second-order valence-electron chi connectivity index (χ2n) is 8.01. The number of nitrogens with one attached hydrogen (secondary N) is 1. The largest absolute Gasteiger partial charge is 0.367 e. The molecular weight excluding hydrogens is 405 g/mol. The number of anilines is 2. The van der Waals surface area contributed by atoms with E-state index in [0.717, 1.165) is 24.9 Å². The maximum Gasteiger partial charge on any atom is 0.251 e. The highest BCUT2D eigenvalue weighted by Gasteiger charge is 2.29. The van der Waals surface area contributed by atoms with Gasteiger partial charge in [0.05, 0.1) is 17.1 Å². The summed E-state index contributed by atoms with van der Waals surface area (Å²) in [6, 6.07) is 11.7. The van der Waals surface area contributed by atoms with Crippen molar-refractivity contribution in [1.29, 1.82) is 0 Å². The summed E-state index contributed by atoms with van der Waals surface area (Å²) in [6.45, 7) is 3.65. The molecule has 160 valence electrons. The first kappa shape index (κ1) is 20.7. The molecule has 1 amide bonds. The maximum atomic E-state index is 14.3. The van der Waals surface area contributed by atoms with E-state index in [-0.39, 0.29) is 23.5 Å². The Labute approximate surface area is 176 Å². The van der Waals surface area contributed by atoms with Gasteiger partial charge < -0.3 is 10.2 Å². The van der Waals surface area contributed by atoms with Gasteiger partial charge in [0, 0.05) is 31.2 Å². The van der Waals surface area contributed by atoms with Gasteiger partial charge in [-0.3, -0.25) is 9.10 Å². The van der Waals surface area contributed by atoms with Crippen LogP contribution in [0.25, 0.3) is 0 Å². The molecule has 1 unspecified atom stereocenters. The van der Waals surface area contributed by atoms with E-state index in [1.54, 1.807) is 30.3 Å². The molecule has 2 fully saturated rings. The van der Waals surface area contributed by atoms with Crippen molar-refractivity contribution in [2.24, 2.45) is 0 Å². The van der Waals surface area contributed by atoms with Crippen LogP contribution in [0.4, 0.5) is 15.8 Å². The fourth-order valence-electron chi connectivity index (χ4n) is 4.18. The Hall–Kier alpha value is -2.61. The number of carbonyl (C=O) groups excluding carboxylic acids is 1. The first-order chi connectivity index (χ1) is 14.3. The van der Waals surface area contributed by atoms with Crippen LogP contribution in [0, 0.1) is 12.7 Å². The number of benzene rings is 2. The van der Waals surface area contributed by atoms with E-state index in [1.165, 1.54) is 10.4 Å². The van der Waals surface area contributed by atoms with E-state index in [9.17, 15) is 17.6 Å². The lowest BCUT2D eigenvalue weighted by atomic mass is 10.0. The second-order valence-corrected chi connectivity index (χ2v) is 10.0. The van der Waals surface area contributed by atoms with E-state index in [4.69, 9.17) is 0 Å². The van der Waals surface area contributed by atoms with Gasteiger partial charge in [-0.25, -0.2) is 12.8 Å². The van der Waals surface area contributed by atoms with Gasteiger partial charge in [-0.05, 0) is 62.1 Å². The predicted molar refractivity (Wildman–Crippen MR) is 116 cm³/mol. The molecule has 30 heavy (non-hydrogen) atoms. The number of carbonyl (C=O) groups is 1. The summed E-state index contributed by atoms with van der Waals surface area (Å²) in [5, 5.41) is 3.04. The van der Waals surface area contributed by atoms with Crippen molar-refractivity contribution in [3.63, 3.8) is 0 Å². The topological polar surface area (TPSA) is 69.7 Å². The molecule has 1 atom stereocenters. The summed E-state index contributed by atoms with van der Waals surface area (Å²) in [6.07, 6.45) is 2.26. The molecule has 1 N–H and O–H groups in total. The van der Waals surface area contributed by atoms with Gasteiger partial charge in [0.2, 0.25) is 10.0 Å². The fourth-order valence-corrected chi connectivity index (χ4v) is 5.74. The summed E-state index contributed by atoms with van der Waals surface area (Å²) >= 11 is 0. The average molecular weight is 432 g/mol. The molecule has 0 aromatic heterocycles. The highest BCUT2D eigenvalue weighted by molar-refractivity contribution is 7.93. The highest BCUT2D eigenvalue weighted by Crippen LogP contribution is 2.26. The molecule has 2 aliphatic heterocycles. The minimum absolute atomic E-state index is 0.106. The molecule has 8 heteroatoms. The normalized spacial score (nSPS) is 20.9. The lowest BCUT2D eigenvalue weighted by molar-refractivity contribution is 0.0933. The molecule has 2 aliphatic rings. The van der Waals surface area contributed by atoms with Crippen LogP contribution in [0.15, 0.2) is 42.5 Å². The molecule has 0 bridgehead atoms. The molecule has 0 radical (unpaired) electrons. The monoisotopic (exact) mass is 431 g/mol. The van der Waals surface area contributed by atoms with Crippen molar-refractivity contribution < 1.29 is 17.6 Å². The predicted octanol–water partition coefficient (Wildman–Crippen LogP) is 3.07. The van der Waals surface area contributed by atoms with Gasteiger partial charge in [0.1, 0.15) is 5.82 Å². The van der Waals surface area contributed by atoms with Crippen LogP contribution in [-0.2, 0) is 10.0 Å². The molecule has 0 aliphatic carbocycles. The van der Waals surface area contributed by atoms with Gasteiger partial charge >= 0.3 is 0 Å². The van der Waals surface area contributed by atoms with E-state index in [1.807, 2.05) is 17.9 Å². The summed E-state index contributed by atoms with van der Waals surface area (Å²) in [7, 11) is -3.30. The quantitative estimate of drug-likeness (QED) is 0.808. The third kappa shape index (κ3) is 4.28. The van der Waals surface area contributed by atoms with Crippen LogP contribution in [0.1, 0.15) is 35.2 Å². The van der Waals surface area contributed by atoms with Crippen molar-refractivity contribution in [1.82, 2.24) is 5.32 Å². The van der Waals surface area contributed by atoms with Crippen LogP contribution in [0.3, 0.4) is 0 Å². The van der Waals surface area contributed by atoms with Gasteiger partial charge in [0.15, 0.2) is 0 Å². The summed E-state index contributed by atoms with van der Waals surface area (Å²) < 4.78 is 40.0. The SMILES string of the molecule is Cc1ccc(F)c(N2CCCC(NC(=O)c3cccc(N4CCCS4(=O)=O)c3)C2)c1. The second kappa shape index (κ2) is 8.26. The van der Waals surface area contributed by atoms with Crippen LogP contribution >= 0.6 is 0 Å². The Balaban J connectivity index is 1.46. The van der Waals surface area contributed by atoms with E-state index in [0.29, 0.717) is 36.4 Å². The lowest BCUT2D eigenvalue weighted by Gasteiger charge is -2.35.